The van der Waals surface area contributed by atoms with Crippen LogP contribution in [0.2, 0.25) is 0 Å². The smallest absolute Gasteiger partial charge is 0.416 e. The summed E-state index contributed by atoms with van der Waals surface area (Å²) >= 11 is 0. The summed E-state index contributed by atoms with van der Waals surface area (Å²) in [6, 6.07) is 7.54. The first-order chi connectivity index (χ1) is 18.3. The number of anilines is 1. The number of likely N-dealkylation sites (tertiary alicyclic amines) is 1. The predicted molar refractivity (Wildman–Crippen MR) is 139 cm³/mol. The van der Waals surface area contributed by atoms with E-state index in [2.05, 4.69) is 15.2 Å². The van der Waals surface area contributed by atoms with E-state index in [1.807, 2.05) is 11.0 Å². The molecule has 2 aromatic rings. The summed E-state index contributed by atoms with van der Waals surface area (Å²) in [7, 11) is 3.16. The molecule has 3 aliphatic rings. The molecule has 1 N–H and O–H groups in total. The topological polar surface area (TPSA) is 66.9 Å². The van der Waals surface area contributed by atoms with Crippen LogP contribution in [0.5, 0.6) is 5.75 Å². The van der Waals surface area contributed by atoms with Crippen LogP contribution in [0, 0.1) is 0 Å². The lowest BCUT2D eigenvalue weighted by Crippen LogP contribution is -2.50. The Balaban J connectivity index is 1.29. The summed E-state index contributed by atoms with van der Waals surface area (Å²) < 4.78 is 51.5. The average Bonchev–Trinajstić information content (AvgIpc) is 3.38. The van der Waals surface area contributed by atoms with Gasteiger partial charge in [0.25, 0.3) is 5.91 Å². The highest BCUT2D eigenvalue weighted by Gasteiger charge is 2.40. The molecule has 2 aliphatic heterocycles. The molecule has 5 rings (SSSR count). The van der Waals surface area contributed by atoms with Crippen molar-refractivity contribution in [3.63, 3.8) is 0 Å². The number of methoxy groups -OCH3 is 1. The molecule has 0 saturated carbocycles. The van der Waals surface area contributed by atoms with Crippen molar-refractivity contribution in [1.82, 2.24) is 14.8 Å². The molecule has 1 amide bonds. The second-order valence-electron chi connectivity index (χ2n) is 9.93. The number of ether oxygens (including phenoxy) is 2. The molecule has 0 atom stereocenters. The van der Waals surface area contributed by atoms with Crippen LogP contribution in [0.1, 0.15) is 45.7 Å². The van der Waals surface area contributed by atoms with Crippen molar-refractivity contribution >= 4 is 17.2 Å². The zero-order valence-electron chi connectivity index (χ0n) is 21.7. The van der Waals surface area contributed by atoms with E-state index in [0.717, 1.165) is 44.7 Å². The van der Waals surface area contributed by atoms with Gasteiger partial charge in [-0.3, -0.25) is 14.7 Å². The predicted octanol–water partition coefficient (Wildman–Crippen LogP) is 4.16. The second kappa shape index (κ2) is 10.9. The van der Waals surface area contributed by atoms with Gasteiger partial charge in [-0.15, -0.1) is 0 Å². The van der Waals surface area contributed by atoms with Crippen LogP contribution in [-0.2, 0) is 17.6 Å². The third-order valence-electron chi connectivity index (χ3n) is 7.71. The van der Waals surface area contributed by atoms with E-state index in [-0.39, 0.29) is 17.9 Å². The maximum atomic E-state index is 13.5. The highest BCUT2D eigenvalue weighted by Crippen LogP contribution is 2.43. The Morgan fingerprint density at radius 1 is 1.16 bits per heavy atom. The van der Waals surface area contributed by atoms with Crippen LogP contribution in [0.15, 0.2) is 30.3 Å². The first kappa shape index (κ1) is 26.5. The van der Waals surface area contributed by atoms with Gasteiger partial charge in [-0.05, 0) is 31.0 Å². The fourth-order valence-corrected chi connectivity index (χ4v) is 5.73. The van der Waals surface area contributed by atoms with Gasteiger partial charge in [0.1, 0.15) is 5.75 Å². The fourth-order valence-electron chi connectivity index (χ4n) is 5.73. The molecule has 10 heteroatoms. The lowest BCUT2D eigenvalue weighted by molar-refractivity contribution is -0.0687. The number of morpholine rings is 1. The van der Waals surface area contributed by atoms with Gasteiger partial charge >= 0.3 is 6.18 Å². The maximum absolute atomic E-state index is 13.5. The average molecular weight is 531 g/mol. The van der Waals surface area contributed by atoms with E-state index >= 15 is 0 Å². The molecule has 0 bridgehead atoms. The number of pyridine rings is 1. The zero-order chi connectivity index (χ0) is 26.9. The molecule has 0 unspecified atom stereocenters. The summed E-state index contributed by atoms with van der Waals surface area (Å²) in [6.07, 6.45) is -0.838. The molecule has 1 aromatic heterocycles. The molecule has 7 nitrogen and oxygen atoms in total. The van der Waals surface area contributed by atoms with Gasteiger partial charge in [-0.1, -0.05) is 12.1 Å². The fraction of sp³-hybridized carbons (Fsp3) is 0.500. The standard InChI is InChI=1S/C28H33F3N4O3/c1-32-24-17-20(33-23-6-5-22(26(23)24)28(29,30)31)15-18-3-4-19(16-25(18)37-2)27(36)35-9-7-21(8-10-35)34-11-13-38-14-12-34/h3-5,16-17,21H,6-15H2,1-2H3,(H,32,33). The number of fused-ring (bicyclic) bond motifs is 1. The highest BCUT2D eigenvalue weighted by atomic mass is 19.4. The van der Waals surface area contributed by atoms with Crippen LogP contribution in [-0.4, -0.2) is 86.5 Å². The third-order valence-corrected chi connectivity index (χ3v) is 7.71. The number of aromatic nitrogens is 1. The van der Waals surface area contributed by atoms with E-state index in [0.29, 0.717) is 53.9 Å². The van der Waals surface area contributed by atoms with E-state index in [1.165, 1.54) is 6.08 Å². The molecule has 2 saturated heterocycles. The lowest BCUT2D eigenvalue weighted by Gasteiger charge is -2.40. The summed E-state index contributed by atoms with van der Waals surface area (Å²) in [5.41, 5.74) is 2.29. The van der Waals surface area contributed by atoms with E-state index in [4.69, 9.17) is 9.47 Å². The monoisotopic (exact) mass is 530 g/mol. The molecule has 0 spiro atoms. The molecule has 1 aromatic carbocycles. The van der Waals surface area contributed by atoms with Crippen molar-refractivity contribution in [2.45, 2.75) is 37.9 Å². The van der Waals surface area contributed by atoms with Crippen LogP contribution in [0.3, 0.4) is 0 Å². The van der Waals surface area contributed by atoms with Crippen LogP contribution < -0.4 is 10.1 Å². The Hall–Kier alpha value is -3.11. The van der Waals surface area contributed by atoms with Gasteiger partial charge in [0.2, 0.25) is 0 Å². The molecule has 3 heterocycles. The van der Waals surface area contributed by atoms with Gasteiger partial charge in [-0.25, -0.2) is 0 Å². The molecule has 38 heavy (non-hydrogen) atoms. The number of allylic oxidation sites excluding steroid dienone is 2. The van der Waals surface area contributed by atoms with Gasteiger partial charge in [0.05, 0.1) is 31.6 Å². The normalized spacial score (nSPS) is 18.8. The zero-order valence-corrected chi connectivity index (χ0v) is 21.7. The van der Waals surface area contributed by atoms with Crippen molar-refractivity contribution < 1.29 is 27.4 Å². The van der Waals surface area contributed by atoms with Crippen LogP contribution >= 0.6 is 0 Å². The number of alkyl halides is 3. The van der Waals surface area contributed by atoms with Crippen LogP contribution in [0.25, 0.3) is 5.57 Å². The van der Waals surface area contributed by atoms with E-state index < -0.39 is 11.7 Å². The summed E-state index contributed by atoms with van der Waals surface area (Å²) in [5.74, 6) is 0.538. The number of rotatable bonds is 6. The number of hydrogen-bond acceptors (Lipinski definition) is 6. The number of hydrogen-bond donors (Lipinski definition) is 1. The number of nitrogens with zero attached hydrogens (tertiary/aromatic N) is 3. The molecule has 0 radical (unpaired) electrons. The Kier molecular flexibility index (Phi) is 7.63. The van der Waals surface area contributed by atoms with Crippen molar-refractivity contribution in [2.75, 3.05) is 58.9 Å². The largest absolute Gasteiger partial charge is 0.496 e. The number of nitrogens with one attached hydrogen (secondary N) is 1. The van der Waals surface area contributed by atoms with Gasteiger partial charge in [0.15, 0.2) is 0 Å². The van der Waals surface area contributed by atoms with Crippen molar-refractivity contribution in [3.8, 4) is 5.75 Å². The number of carbonyl (C=O) groups is 1. The summed E-state index contributed by atoms with van der Waals surface area (Å²) in [6.45, 7) is 4.87. The van der Waals surface area contributed by atoms with Gasteiger partial charge in [0, 0.05) is 80.2 Å². The maximum Gasteiger partial charge on any atom is 0.416 e. The Morgan fingerprint density at radius 2 is 1.89 bits per heavy atom. The van der Waals surface area contributed by atoms with Crippen molar-refractivity contribution in [1.29, 1.82) is 0 Å². The number of benzene rings is 1. The number of carbonyl (C=O) groups excluding carboxylic acids is 1. The molecule has 2 fully saturated rings. The summed E-state index contributed by atoms with van der Waals surface area (Å²) in [5, 5.41) is 2.90. The lowest BCUT2D eigenvalue weighted by atomic mass is 10.00. The Labute approximate surface area is 220 Å². The highest BCUT2D eigenvalue weighted by molar-refractivity contribution is 5.95. The molecule has 204 valence electrons. The quantitative estimate of drug-likeness (QED) is 0.605. The number of amides is 1. The third kappa shape index (κ3) is 5.37. The summed E-state index contributed by atoms with van der Waals surface area (Å²) in [4.78, 5) is 22.2. The molecule has 1 aliphatic carbocycles. The minimum atomic E-state index is -4.43. The van der Waals surface area contributed by atoms with Crippen molar-refractivity contribution in [2.24, 2.45) is 0 Å². The van der Waals surface area contributed by atoms with E-state index in [1.54, 1.807) is 32.4 Å². The minimum Gasteiger partial charge on any atom is -0.496 e. The first-order valence-corrected chi connectivity index (χ1v) is 13.0. The van der Waals surface area contributed by atoms with E-state index in [9.17, 15) is 18.0 Å². The van der Waals surface area contributed by atoms with Gasteiger partial charge in [-0.2, -0.15) is 13.2 Å². The number of halogens is 3. The van der Waals surface area contributed by atoms with Crippen LogP contribution in [0.4, 0.5) is 18.9 Å². The molecular weight excluding hydrogens is 497 g/mol. The first-order valence-electron chi connectivity index (χ1n) is 13.0. The minimum absolute atomic E-state index is 0.0193. The van der Waals surface area contributed by atoms with Crippen molar-refractivity contribution in [3.05, 3.63) is 58.4 Å². The second-order valence-corrected chi connectivity index (χ2v) is 9.93. The Bertz CT molecular complexity index is 1220. The Morgan fingerprint density at radius 3 is 2.55 bits per heavy atom. The number of piperidine rings is 1. The molecular formula is C28H33F3N4O3. The van der Waals surface area contributed by atoms with Gasteiger partial charge < -0.3 is 19.7 Å². The SMILES string of the molecule is CNc1cc(Cc2ccc(C(=O)N3CCC(N4CCOCC4)CC3)cc2OC)nc2c1C(C(F)(F)F)=CC2.